The molecule has 0 aliphatic rings. The maximum absolute atomic E-state index is 5.12. The molecule has 2 aromatic carbocycles. The van der Waals surface area contributed by atoms with E-state index in [0.29, 0.717) is 0 Å². The van der Waals surface area contributed by atoms with Crippen LogP contribution in [0.4, 0.5) is 0 Å². The fourth-order valence-corrected chi connectivity index (χ4v) is 1.29. The number of hydrogen-bond donors (Lipinski definition) is 1. The second kappa shape index (κ2) is 5.25. The topological polar surface area (TPSA) is 35.2 Å². The van der Waals surface area contributed by atoms with E-state index in [-0.39, 0.29) is 0 Å². The van der Waals surface area contributed by atoms with Crippen molar-refractivity contribution in [3.8, 4) is 5.75 Å². The molecule has 2 heteroatoms. The minimum absolute atomic E-state index is 0.911. The van der Waals surface area contributed by atoms with Gasteiger partial charge in [-0.3, -0.25) is 0 Å². The van der Waals surface area contributed by atoms with E-state index in [1.807, 2.05) is 24.3 Å². The Balaban J connectivity index is 0.000000461. The quantitative estimate of drug-likeness (QED) is 0.747. The van der Waals surface area contributed by atoms with E-state index in [4.69, 9.17) is 4.74 Å². The van der Waals surface area contributed by atoms with Gasteiger partial charge >= 0.3 is 0 Å². The van der Waals surface area contributed by atoms with Gasteiger partial charge < -0.3 is 10.5 Å². The highest BCUT2D eigenvalue weighted by Crippen LogP contribution is 2.19. The van der Waals surface area contributed by atoms with Gasteiger partial charge in [-0.2, -0.15) is 0 Å². The van der Waals surface area contributed by atoms with E-state index >= 15 is 0 Å². The molecular weight excluding hydrogens is 174 g/mol. The lowest BCUT2D eigenvalue weighted by atomic mass is 10.1. The minimum atomic E-state index is 0.911. The van der Waals surface area contributed by atoms with Crippen LogP contribution >= 0.6 is 0 Å². The van der Waals surface area contributed by atoms with Crippen LogP contribution in [0.15, 0.2) is 42.5 Å². The molecular formula is C12H15NO. The number of methoxy groups -OCH3 is 1. The molecule has 2 rings (SSSR count). The Kier molecular flexibility index (Phi) is 3.95. The van der Waals surface area contributed by atoms with Crippen LogP contribution in [0.3, 0.4) is 0 Å². The first kappa shape index (κ1) is 10.5. The van der Waals surface area contributed by atoms with Crippen molar-refractivity contribution in [2.75, 3.05) is 14.2 Å². The number of nitrogens with two attached hydrogens (primary N) is 1. The van der Waals surface area contributed by atoms with E-state index in [1.165, 1.54) is 17.8 Å². The number of ether oxygens (including phenoxy) is 1. The summed E-state index contributed by atoms with van der Waals surface area (Å²) in [5.74, 6) is 0.911. The predicted molar refractivity (Wildman–Crippen MR) is 60.6 cm³/mol. The Hall–Kier alpha value is -1.54. The first-order valence-corrected chi connectivity index (χ1v) is 4.51. The van der Waals surface area contributed by atoms with Crippen molar-refractivity contribution in [2.24, 2.45) is 5.73 Å². The van der Waals surface area contributed by atoms with Crippen molar-refractivity contribution in [1.82, 2.24) is 0 Å². The van der Waals surface area contributed by atoms with Gasteiger partial charge in [0.05, 0.1) is 7.11 Å². The molecule has 0 radical (unpaired) electrons. The molecule has 74 valence electrons. The maximum atomic E-state index is 5.12. The van der Waals surface area contributed by atoms with Crippen LogP contribution in [0.5, 0.6) is 5.75 Å². The van der Waals surface area contributed by atoms with Gasteiger partial charge in [0.1, 0.15) is 5.75 Å². The lowest BCUT2D eigenvalue weighted by molar-refractivity contribution is 0.415. The van der Waals surface area contributed by atoms with E-state index < -0.39 is 0 Å². The summed E-state index contributed by atoms with van der Waals surface area (Å²) in [6, 6.07) is 14.3. The van der Waals surface area contributed by atoms with Gasteiger partial charge in [-0.25, -0.2) is 0 Å². The van der Waals surface area contributed by atoms with E-state index in [9.17, 15) is 0 Å². The third-order valence-electron chi connectivity index (χ3n) is 1.96. The SMILES string of the molecule is CN.COc1ccc2ccccc2c1. The highest BCUT2D eigenvalue weighted by molar-refractivity contribution is 5.83. The molecule has 2 nitrogen and oxygen atoms in total. The fourth-order valence-electron chi connectivity index (χ4n) is 1.29. The first-order chi connectivity index (χ1) is 6.90. The molecule has 14 heavy (non-hydrogen) atoms. The Bertz CT molecular complexity index is 398. The number of rotatable bonds is 1. The predicted octanol–water partition coefficient (Wildman–Crippen LogP) is 2.42. The van der Waals surface area contributed by atoms with Crippen LogP contribution in [0, 0.1) is 0 Å². The lowest BCUT2D eigenvalue weighted by Gasteiger charge is -2.00. The standard InChI is InChI=1S/C11H10O.CH5N/c1-12-11-7-6-9-4-2-3-5-10(9)8-11;1-2/h2-8H,1H3;2H2,1H3. The van der Waals surface area contributed by atoms with Crippen molar-refractivity contribution < 1.29 is 4.74 Å². The van der Waals surface area contributed by atoms with Crippen LogP contribution < -0.4 is 10.5 Å². The molecule has 0 fully saturated rings. The fraction of sp³-hybridized carbons (Fsp3) is 0.167. The zero-order valence-electron chi connectivity index (χ0n) is 8.53. The van der Waals surface area contributed by atoms with Gasteiger partial charge in [-0.1, -0.05) is 30.3 Å². The van der Waals surface area contributed by atoms with Crippen LogP contribution in [0.1, 0.15) is 0 Å². The zero-order chi connectivity index (χ0) is 10.4. The largest absolute Gasteiger partial charge is 0.497 e. The molecule has 2 aromatic rings. The zero-order valence-corrected chi connectivity index (χ0v) is 8.53. The summed E-state index contributed by atoms with van der Waals surface area (Å²) in [5, 5.41) is 2.47. The van der Waals surface area contributed by atoms with Gasteiger partial charge in [-0.15, -0.1) is 0 Å². The van der Waals surface area contributed by atoms with Gasteiger partial charge in [0.2, 0.25) is 0 Å². The second-order valence-electron chi connectivity index (χ2n) is 2.71. The third-order valence-corrected chi connectivity index (χ3v) is 1.96. The molecule has 0 atom stereocenters. The third kappa shape index (κ3) is 2.24. The molecule has 0 bridgehead atoms. The van der Waals surface area contributed by atoms with E-state index in [2.05, 4.69) is 23.9 Å². The average molecular weight is 189 g/mol. The first-order valence-electron chi connectivity index (χ1n) is 4.51. The van der Waals surface area contributed by atoms with Crippen molar-refractivity contribution >= 4 is 10.8 Å². The Morgan fingerprint density at radius 3 is 2.21 bits per heavy atom. The summed E-state index contributed by atoms with van der Waals surface area (Å²) in [5.41, 5.74) is 4.50. The summed E-state index contributed by atoms with van der Waals surface area (Å²) < 4.78 is 5.12. The molecule has 0 unspecified atom stereocenters. The number of benzene rings is 2. The molecule has 0 amide bonds. The van der Waals surface area contributed by atoms with Crippen LogP contribution in [0.25, 0.3) is 10.8 Å². The Morgan fingerprint density at radius 2 is 1.57 bits per heavy atom. The highest BCUT2D eigenvalue weighted by atomic mass is 16.5. The van der Waals surface area contributed by atoms with Gasteiger partial charge in [0, 0.05) is 0 Å². The van der Waals surface area contributed by atoms with Crippen molar-refractivity contribution in [1.29, 1.82) is 0 Å². The maximum Gasteiger partial charge on any atom is 0.119 e. The molecule has 0 aliphatic carbocycles. The summed E-state index contributed by atoms with van der Waals surface area (Å²) in [4.78, 5) is 0. The molecule has 0 heterocycles. The summed E-state index contributed by atoms with van der Waals surface area (Å²) in [6.07, 6.45) is 0. The Labute approximate surface area is 84.3 Å². The summed E-state index contributed by atoms with van der Waals surface area (Å²) in [6.45, 7) is 0. The van der Waals surface area contributed by atoms with Gasteiger partial charge in [0.15, 0.2) is 0 Å². The van der Waals surface area contributed by atoms with Crippen molar-refractivity contribution in [2.45, 2.75) is 0 Å². The monoisotopic (exact) mass is 189 g/mol. The summed E-state index contributed by atoms with van der Waals surface area (Å²) >= 11 is 0. The van der Waals surface area contributed by atoms with Crippen LogP contribution in [0.2, 0.25) is 0 Å². The molecule has 0 saturated heterocycles. The van der Waals surface area contributed by atoms with Gasteiger partial charge in [-0.05, 0) is 30.0 Å². The van der Waals surface area contributed by atoms with Crippen LogP contribution in [-0.4, -0.2) is 14.2 Å². The molecule has 2 N–H and O–H groups in total. The molecule has 0 aliphatic heterocycles. The molecule has 0 spiro atoms. The molecule has 0 saturated carbocycles. The number of fused-ring (bicyclic) bond motifs is 1. The normalized spacial score (nSPS) is 9.07. The minimum Gasteiger partial charge on any atom is -0.497 e. The van der Waals surface area contributed by atoms with E-state index in [1.54, 1.807) is 7.11 Å². The average Bonchev–Trinajstić information content (AvgIpc) is 2.31. The van der Waals surface area contributed by atoms with Crippen molar-refractivity contribution in [3.63, 3.8) is 0 Å². The summed E-state index contributed by atoms with van der Waals surface area (Å²) in [7, 11) is 3.18. The Morgan fingerprint density at radius 1 is 0.929 bits per heavy atom. The smallest absolute Gasteiger partial charge is 0.119 e. The van der Waals surface area contributed by atoms with Gasteiger partial charge in [0.25, 0.3) is 0 Å². The van der Waals surface area contributed by atoms with Crippen LogP contribution in [-0.2, 0) is 0 Å². The second-order valence-corrected chi connectivity index (χ2v) is 2.71. The highest BCUT2D eigenvalue weighted by Gasteiger charge is 1.93. The molecule has 0 aromatic heterocycles. The lowest BCUT2D eigenvalue weighted by Crippen LogP contribution is -1.81. The van der Waals surface area contributed by atoms with E-state index in [0.717, 1.165) is 5.75 Å². The van der Waals surface area contributed by atoms with Crippen molar-refractivity contribution in [3.05, 3.63) is 42.5 Å². The number of hydrogen-bond acceptors (Lipinski definition) is 2.